The van der Waals surface area contributed by atoms with Crippen molar-refractivity contribution in [2.45, 2.75) is 20.0 Å². The number of para-hydroxylation sites is 1. The number of aliphatic imine (C=N–C) groups is 1. The molecule has 0 bridgehead atoms. The van der Waals surface area contributed by atoms with Crippen LogP contribution in [0.5, 0.6) is 5.75 Å². The lowest BCUT2D eigenvalue weighted by molar-refractivity contribution is 0.1000. The zero-order valence-electron chi connectivity index (χ0n) is 15.0. The molecule has 0 aliphatic rings. The topological polar surface area (TPSA) is 88.7 Å². The molecule has 26 heavy (non-hydrogen) atoms. The van der Waals surface area contributed by atoms with Crippen LogP contribution in [0.25, 0.3) is 0 Å². The molecule has 1 amide bonds. The summed E-state index contributed by atoms with van der Waals surface area (Å²) in [5.74, 6) is 1.09. The van der Waals surface area contributed by atoms with Gasteiger partial charge in [0.1, 0.15) is 5.75 Å². The Hall–Kier alpha value is -2.29. The van der Waals surface area contributed by atoms with Crippen molar-refractivity contribution in [1.29, 1.82) is 0 Å². The third kappa shape index (κ3) is 6.55. The fraction of sp³-hybridized carbons (Fsp3) is 0.263. The Kier molecular flexibility index (Phi) is 9.50. The normalized spacial score (nSPS) is 10.6. The molecular weight excluding hydrogens is 443 g/mol. The van der Waals surface area contributed by atoms with E-state index >= 15 is 0 Å². The van der Waals surface area contributed by atoms with Gasteiger partial charge in [-0.05, 0) is 30.7 Å². The Labute approximate surface area is 171 Å². The van der Waals surface area contributed by atoms with E-state index in [0.717, 1.165) is 16.9 Å². The molecule has 0 unspecified atom stereocenters. The second-order valence-electron chi connectivity index (χ2n) is 5.38. The molecule has 0 fully saturated rings. The third-order valence-corrected chi connectivity index (χ3v) is 3.61. The van der Waals surface area contributed by atoms with Gasteiger partial charge < -0.3 is 21.1 Å². The van der Waals surface area contributed by atoms with Crippen molar-refractivity contribution >= 4 is 35.8 Å². The van der Waals surface area contributed by atoms with Crippen molar-refractivity contribution in [2.75, 3.05) is 13.7 Å². The highest BCUT2D eigenvalue weighted by Gasteiger charge is 2.05. The fourth-order valence-corrected chi connectivity index (χ4v) is 2.37. The molecule has 7 heteroatoms. The van der Waals surface area contributed by atoms with E-state index in [0.29, 0.717) is 31.2 Å². The number of halogens is 1. The minimum Gasteiger partial charge on any atom is -0.494 e. The number of amides is 1. The largest absolute Gasteiger partial charge is 0.494 e. The number of nitrogens with one attached hydrogen (secondary N) is 2. The van der Waals surface area contributed by atoms with Gasteiger partial charge in [-0.2, -0.15) is 0 Å². The summed E-state index contributed by atoms with van der Waals surface area (Å²) in [6.07, 6.45) is 0. The fourth-order valence-electron chi connectivity index (χ4n) is 2.37. The zero-order valence-corrected chi connectivity index (χ0v) is 17.3. The van der Waals surface area contributed by atoms with Crippen LogP contribution < -0.4 is 21.1 Å². The summed E-state index contributed by atoms with van der Waals surface area (Å²) in [6.45, 7) is 3.72. The van der Waals surface area contributed by atoms with Gasteiger partial charge in [0.2, 0.25) is 5.91 Å². The van der Waals surface area contributed by atoms with E-state index in [9.17, 15) is 4.79 Å². The highest BCUT2D eigenvalue weighted by molar-refractivity contribution is 14.0. The van der Waals surface area contributed by atoms with Crippen LogP contribution in [0, 0.1) is 0 Å². The first kappa shape index (κ1) is 21.8. The summed E-state index contributed by atoms with van der Waals surface area (Å²) >= 11 is 0. The van der Waals surface area contributed by atoms with Crippen molar-refractivity contribution in [3.05, 3.63) is 65.2 Å². The van der Waals surface area contributed by atoms with Gasteiger partial charge in [-0.3, -0.25) is 9.79 Å². The van der Waals surface area contributed by atoms with Crippen LogP contribution >= 0.6 is 24.0 Å². The number of nitrogens with two attached hydrogens (primary N) is 1. The molecular formula is C19H25IN4O2. The molecule has 0 saturated carbocycles. The monoisotopic (exact) mass is 468 g/mol. The summed E-state index contributed by atoms with van der Waals surface area (Å²) < 4.78 is 5.62. The first-order valence-corrected chi connectivity index (χ1v) is 8.18. The first-order chi connectivity index (χ1) is 12.1. The number of hydrogen-bond acceptors (Lipinski definition) is 3. The quantitative estimate of drug-likeness (QED) is 0.331. The lowest BCUT2D eigenvalue weighted by Gasteiger charge is -2.14. The molecule has 4 N–H and O–H groups in total. The number of rotatable bonds is 7. The van der Waals surface area contributed by atoms with E-state index in [4.69, 9.17) is 10.5 Å². The van der Waals surface area contributed by atoms with Gasteiger partial charge in [-0.1, -0.05) is 30.3 Å². The number of primary amides is 1. The lowest BCUT2D eigenvalue weighted by Crippen LogP contribution is -2.36. The van der Waals surface area contributed by atoms with E-state index in [1.807, 2.05) is 43.3 Å². The van der Waals surface area contributed by atoms with Gasteiger partial charge in [0.15, 0.2) is 5.96 Å². The number of benzene rings is 2. The van der Waals surface area contributed by atoms with Gasteiger partial charge in [-0.25, -0.2) is 0 Å². The molecule has 0 heterocycles. The van der Waals surface area contributed by atoms with Crippen molar-refractivity contribution in [3.63, 3.8) is 0 Å². The minimum atomic E-state index is -0.433. The summed E-state index contributed by atoms with van der Waals surface area (Å²) in [4.78, 5) is 15.5. The van der Waals surface area contributed by atoms with Gasteiger partial charge in [0.05, 0.1) is 6.61 Å². The van der Waals surface area contributed by atoms with Crippen LogP contribution in [0.15, 0.2) is 53.5 Å². The second-order valence-corrected chi connectivity index (χ2v) is 5.38. The summed E-state index contributed by atoms with van der Waals surface area (Å²) in [7, 11) is 1.71. The lowest BCUT2D eigenvalue weighted by atomic mass is 10.1. The molecule has 0 aliphatic heterocycles. The molecule has 2 aromatic carbocycles. The summed E-state index contributed by atoms with van der Waals surface area (Å²) in [5, 5.41) is 6.48. The van der Waals surface area contributed by atoms with Gasteiger partial charge in [0, 0.05) is 31.3 Å². The third-order valence-electron chi connectivity index (χ3n) is 3.61. The Morgan fingerprint density at radius 2 is 1.85 bits per heavy atom. The van der Waals surface area contributed by atoms with Crippen molar-refractivity contribution < 1.29 is 9.53 Å². The SMILES string of the molecule is CCOc1ccccc1CNC(=NC)NCc1cccc(C(N)=O)c1.I. The predicted octanol–water partition coefficient (Wildman–Crippen LogP) is 2.67. The highest BCUT2D eigenvalue weighted by atomic mass is 127. The van der Waals surface area contributed by atoms with E-state index in [1.54, 1.807) is 19.2 Å². The van der Waals surface area contributed by atoms with Crippen LogP contribution in [0.3, 0.4) is 0 Å². The van der Waals surface area contributed by atoms with Crippen LogP contribution in [0.2, 0.25) is 0 Å². The number of hydrogen-bond donors (Lipinski definition) is 3. The van der Waals surface area contributed by atoms with Crippen LogP contribution in [-0.4, -0.2) is 25.5 Å². The Morgan fingerprint density at radius 3 is 2.54 bits per heavy atom. The molecule has 0 spiro atoms. The predicted molar refractivity (Wildman–Crippen MR) is 115 cm³/mol. The molecule has 140 valence electrons. The number of guanidine groups is 1. The molecule has 2 aromatic rings. The van der Waals surface area contributed by atoms with Crippen LogP contribution in [-0.2, 0) is 13.1 Å². The summed E-state index contributed by atoms with van der Waals surface area (Å²) in [6, 6.07) is 15.1. The molecule has 0 saturated heterocycles. The maximum absolute atomic E-state index is 11.2. The van der Waals surface area contributed by atoms with E-state index in [1.165, 1.54) is 0 Å². The van der Waals surface area contributed by atoms with Crippen LogP contribution in [0.4, 0.5) is 0 Å². The van der Waals surface area contributed by atoms with E-state index in [2.05, 4.69) is 15.6 Å². The molecule has 0 atom stereocenters. The van der Waals surface area contributed by atoms with Gasteiger partial charge >= 0.3 is 0 Å². The van der Waals surface area contributed by atoms with Crippen LogP contribution in [0.1, 0.15) is 28.4 Å². The number of nitrogens with zero attached hydrogens (tertiary/aromatic N) is 1. The van der Waals surface area contributed by atoms with Crippen molar-refractivity contribution in [3.8, 4) is 5.75 Å². The smallest absolute Gasteiger partial charge is 0.248 e. The Bertz CT molecular complexity index is 750. The van der Waals surface area contributed by atoms with E-state index in [-0.39, 0.29) is 24.0 Å². The van der Waals surface area contributed by atoms with Gasteiger partial charge in [0.25, 0.3) is 0 Å². The molecule has 2 rings (SSSR count). The highest BCUT2D eigenvalue weighted by Crippen LogP contribution is 2.17. The number of carbonyl (C=O) groups excluding carboxylic acids is 1. The average Bonchev–Trinajstić information content (AvgIpc) is 2.63. The standard InChI is InChI=1S/C19H24N4O2.HI/c1-3-25-17-10-5-4-8-16(17)13-23-19(21-2)22-12-14-7-6-9-15(11-14)18(20)24;/h4-11H,3,12-13H2,1-2H3,(H2,20,24)(H2,21,22,23);1H. The maximum atomic E-state index is 11.2. The van der Waals surface area contributed by atoms with Crippen molar-refractivity contribution in [1.82, 2.24) is 10.6 Å². The van der Waals surface area contributed by atoms with Gasteiger partial charge in [-0.15, -0.1) is 24.0 Å². The molecule has 6 nitrogen and oxygen atoms in total. The first-order valence-electron chi connectivity index (χ1n) is 8.18. The minimum absolute atomic E-state index is 0. The maximum Gasteiger partial charge on any atom is 0.248 e. The molecule has 0 aliphatic carbocycles. The Morgan fingerprint density at radius 1 is 1.12 bits per heavy atom. The second kappa shape index (κ2) is 11.3. The molecule has 0 radical (unpaired) electrons. The van der Waals surface area contributed by atoms with E-state index < -0.39 is 5.91 Å². The van der Waals surface area contributed by atoms with Crippen molar-refractivity contribution in [2.24, 2.45) is 10.7 Å². The molecule has 0 aromatic heterocycles. The Balaban J connectivity index is 0.00000338. The zero-order chi connectivity index (χ0) is 18.1. The number of carbonyl (C=O) groups is 1. The summed E-state index contributed by atoms with van der Waals surface area (Å²) in [5.41, 5.74) is 7.81. The number of ether oxygens (including phenoxy) is 1. The average molecular weight is 468 g/mol.